The van der Waals surface area contributed by atoms with E-state index in [4.69, 9.17) is 5.11 Å². The molecule has 0 aromatic rings. The van der Waals surface area contributed by atoms with E-state index in [0.29, 0.717) is 5.92 Å². The number of carbonyl (C=O) groups excluding carboxylic acids is 1. The molecular formula is C16H28N2O3. The van der Waals surface area contributed by atoms with E-state index >= 15 is 0 Å². The number of amides is 1. The zero-order valence-electron chi connectivity index (χ0n) is 13.1. The SMILES string of the molecule is CCCC1(C(=O)N2CCC(CCC(=O)O)CC2)CCCN1. The van der Waals surface area contributed by atoms with Crippen molar-refractivity contribution in [3.8, 4) is 0 Å². The molecule has 2 aliphatic heterocycles. The fourth-order valence-electron chi connectivity index (χ4n) is 3.79. The van der Waals surface area contributed by atoms with Crippen LogP contribution < -0.4 is 5.32 Å². The van der Waals surface area contributed by atoms with Crippen LogP contribution in [-0.2, 0) is 9.59 Å². The van der Waals surface area contributed by atoms with Crippen molar-refractivity contribution < 1.29 is 14.7 Å². The van der Waals surface area contributed by atoms with Crippen LogP contribution in [0.15, 0.2) is 0 Å². The third kappa shape index (κ3) is 3.96. The van der Waals surface area contributed by atoms with Crippen molar-refractivity contribution in [3.05, 3.63) is 0 Å². The van der Waals surface area contributed by atoms with Crippen LogP contribution in [0.5, 0.6) is 0 Å². The molecule has 2 N–H and O–H groups in total. The van der Waals surface area contributed by atoms with Crippen LogP contribution in [0.4, 0.5) is 0 Å². The Balaban J connectivity index is 1.86. The number of nitrogens with zero attached hydrogens (tertiary/aromatic N) is 1. The Hall–Kier alpha value is -1.10. The molecule has 2 aliphatic rings. The fraction of sp³-hybridized carbons (Fsp3) is 0.875. The molecule has 5 nitrogen and oxygen atoms in total. The minimum Gasteiger partial charge on any atom is -0.481 e. The van der Waals surface area contributed by atoms with Crippen LogP contribution in [0.2, 0.25) is 0 Å². The molecule has 21 heavy (non-hydrogen) atoms. The molecule has 2 rings (SSSR count). The Labute approximate surface area is 127 Å². The lowest BCUT2D eigenvalue weighted by molar-refractivity contribution is -0.140. The van der Waals surface area contributed by atoms with E-state index in [1.165, 1.54) is 0 Å². The second-order valence-electron chi connectivity index (χ2n) is 6.53. The molecule has 0 bridgehead atoms. The number of likely N-dealkylation sites (tertiary alicyclic amines) is 1. The molecule has 2 heterocycles. The van der Waals surface area contributed by atoms with Crippen LogP contribution in [0.25, 0.3) is 0 Å². The number of carboxylic acids is 1. The van der Waals surface area contributed by atoms with Gasteiger partial charge >= 0.3 is 5.97 Å². The monoisotopic (exact) mass is 296 g/mol. The largest absolute Gasteiger partial charge is 0.481 e. The second-order valence-corrected chi connectivity index (χ2v) is 6.53. The number of carboxylic acid groups (broad SMARTS) is 1. The maximum Gasteiger partial charge on any atom is 0.303 e. The van der Waals surface area contributed by atoms with Gasteiger partial charge in [-0.05, 0) is 51.0 Å². The maximum absolute atomic E-state index is 12.9. The third-order valence-corrected chi connectivity index (χ3v) is 5.00. The van der Waals surface area contributed by atoms with Crippen LogP contribution in [0, 0.1) is 5.92 Å². The van der Waals surface area contributed by atoms with E-state index in [-0.39, 0.29) is 17.9 Å². The van der Waals surface area contributed by atoms with E-state index in [1.807, 2.05) is 4.90 Å². The normalized spacial score (nSPS) is 27.0. The summed E-state index contributed by atoms with van der Waals surface area (Å²) < 4.78 is 0. The van der Waals surface area contributed by atoms with E-state index in [0.717, 1.165) is 64.6 Å². The van der Waals surface area contributed by atoms with Crippen LogP contribution in [0.3, 0.4) is 0 Å². The number of piperidine rings is 1. The summed E-state index contributed by atoms with van der Waals surface area (Å²) >= 11 is 0. The zero-order valence-corrected chi connectivity index (χ0v) is 13.1. The minimum atomic E-state index is -0.717. The van der Waals surface area contributed by atoms with Gasteiger partial charge in [0.2, 0.25) is 5.91 Å². The summed E-state index contributed by atoms with van der Waals surface area (Å²) in [5.74, 6) is 0.0212. The average molecular weight is 296 g/mol. The van der Waals surface area contributed by atoms with E-state index in [2.05, 4.69) is 12.2 Å². The first-order chi connectivity index (χ1) is 10.1. The van der Waals surface area contributed by atoms with Gasteiger partial charge in [-0.1, -0.05) is 13.3 Å². The Bertz CT molecular complexity index is 370. The number of rotatable bonds is 6. The Morgan fingerprint density at radius 2 is 2.05 bits per heavy atom. The third-order valence-electron chi connectivity index (χ3n) is 5.00. The first-order valence-corrected chi connectivity index (χ1v) is 8.33. The summed E-state index contributed by atoms with van der Waals surface area (Å²) in [6.07, 6.45) is 6.87. The Morgan fingerprint density at radius 3 is 2.57 bits per heavy atom. The van der Waals surface area contributed by atoms with Gasteiger partial charge in [0.1, 0.15) is 0 Å². The first-order valence-electron chi connectivity index (χ1n) is 8.33. The van der Waals surface area contributed by atoms with Crippen molar-refractivity contribution in [1.29, 1.82) is 0 Å². The number of nitrogens with one attached hydrogen (secondary N) is 1. The van der Waals surface area contributed by atoms with Crippen molar-refractivity contribution in [2.45, 2.75) is 63.8 Å². The van der Waals surface area contributed by atoms with Gasteiger partial charge in [0.15, 0.2) is 0 Å². The second kappa shape index (κ2) is 7.25. The zero-order chi connectivity index (χ0) is 15.3. The number of hydrogen-bond donors (Lipinski definition) is 2. The van der Waals surface area contributed by atoms with Crippen molar-refractivity contribution in [1.82, 2.24) is 10.2 Å². The van der Waals surface area contributed by atoms with Gasteiger partial charge in [0, 0.05) is 19.5 Å². The number of aliphatic carboxylic acids is 1. The van der Waals surface area contributed by atoms with Gasteiger partial charge in [0.25, 0.3) is 0 Å². The summed E-state index contributed by atoms with van der Waals surface area (Å²) in [4.78, 5) is 25.5. The van der Waals surface area contributed by atoms with Crippen molar-refractivity contribution >= 4 is 11.9 Å². The smallest absolute Gasteiger partial charge is 0.303 e. The lowest BCUT2D eigenvalue weighted by Crippen LogP contribution is -2.56. The highest BCUT2D eigenvalue weighted by Crippen LogP contribution is 2.30. The summed E-state index contributed by atoms with van der Waals surface area (Å²) in [6.45, 7) is 4.65. The molecule has 0 aliphatic carbocycles. The predicted molar refractivity (Wildman–Crippen MR) is 81.0 cm³/mol. The van der Waals surface area contributed by atoms with E-state index in [1.54, 1.807) is 0 Å². The molecule has 2 saturated heterocycles. The molecule has 0 spiro atoms. The molecule has 0 aromatic heterocycles. The molecule has 1 atom stereocenters. The topological polar surface area (TPSA) is 69.6 Å². The Morgan fingerprint density at radius 1 is 1.33 bits per heavy atom. The summed E-state index contributed by atoms with van der Waals surface area (Å²) in [6, 6.07) is 0. The molecule has 5 heteroatoms. The van der Waals surface area contributed by atoms with Crippen LogP contribution in [-0.4, -0.2) is 47.1 Å². The molecule has 0 saturated carbocycles. The van der Waals surface area contributed by atoms with Gasteiger partial charge in [0.05, 0.1) is 5.54 Å². The lowest BCUT2D eigenvalue weighted by atomic mass is 9.87. The number of carbonyl (C=O) groups is 2. The molecule has 120 valence electrons. The van der Waals surface area contributed by atoms with Gasteiger partial charge in [-0.15, -0.1) is 0 Å². The van der Waals surface area contributed by atoms with E-state index < -0.39 is 5.97 Å². The fourth-order valence-corrected chi connectivity index (χ4v) is 3.79. The van der Waals surface area contributed by atoms with Crippen molar-refractivity contribution in [2.24, 2.45) is 5.92 Å². The minimum absolute atomic E-state index is 0.250. The summed E-state index contributed by atoms with van der Waals surface area (Å²) in [7, 11) is 0. The van der Waals surface area contributed by atoms with Gasteiger partial charge in [-0.25, -0.2) is 0 Å². The van der Waals surface area contributed by atoms with Crippen LogP contribution >= 0.6 is 0 Å². The highest BCUT2D eigenvalue weighted by atomic mass is 16.4. The van der Waals surface area contributed by atoms with Gasteiger partial charge in [-0.3, -0.25) is 9.59 Å². The lowest BCUT2D eigenvalue weighted by Gasteiger charge is -2.38. The highest BCUT2D eigenvalue weighted by molar-refractivity contribution is 5.86. The molecule has 0 aromatic carbocycles. The Kier molecular flexibility index (Phi) is 5.62. The predicted octanol–water partition coefficient (Wildman–Crippen LogP) is 2.01. The summed E-state index contributed by atoms with van der Waals surface area (Å²) in [5, 5.41) is 12.2. The molecule has 2 fully saturated rings. The van der Waals surface area contributed by atoms with E-state index in [9.17, 15) is 9.59 Å². The molecular weight excluding hydrogens is 268 g/mol. The molecule has 1 unspecified atom stereocenters. The first kappa shape index (κ1) is 16.3. The summed E-state index contributed by atoms with van der Waals surface area (Å²) in [5.41, 5.74) is -0.317. The highest BCUT2D eigenvalue weighted by Gasteiger charge is 2.43. The quantitative estimate of drug-likeness (QED) is 0.786. The van der Waals surface area contributed by atoms with Gasteiger partial charge < -0.3 is 15.3 Å². The van der Waals surface area contributed by atoms with Crippen LogP contribution in [0.1, 0.15) is 58.3 Å². The number of hydrogen-bond acceptors (Lipinski definition) is 3. The average Bonchev–Trinajstić information content (AvgIpc) is 2.95. The maximum atomic E-state index is 12.9. The standard InChI is InChI=1S/C16H28N2O3/c1-2-8-16(9-3-10-17-16)15(21)18-11-6-13(7-12-18)4-5-14(19)20/h13,17H,2-12H2,1H3,(H,19,20). The van der Waals surface area contributed by atoms with Crippen molar-refractivity contribution in [3.63, 3.8) is 0 Å². The van der Waals surface area contributed by atoms with Gasteiger partial charge in [-0.2, -0.15) is 0 Å². The van der Waals surface area contributed by atoms with Crippen molar-refractivity contribution in [2.75, 3.05) is 19.6 Å². The molecule has 1 amide bonds. The molecule has 0 radical (unpaired) electrons.